The van der Waals surface area contributed by atoms with Crippen LogP contribution in [0.25, 0.3) is 0 Å². The van der Waals surface area contributed by atoms with Crippen LogP contribution in [0, 0.1) is 0 Å². The Kier molecular flexibility index (Phi) is 6.02. The molecule has 1 aliphatic carbocycles. The lowest BCUT2D eigenvalue weighted by Gasteiger charge is -2.41. The summed E-state index contributed by atoms with van der Waals surface area (Å²) >= 11 is 5.91. The molecule has 4 rings (SSSR count). The number of likely N-dealkylation sites (tertiary alicyclic amines) is 1. The Balaban J connectivity index is 1.51. The number of amides is 3. The lowest BCUT2D eigenvalue weighted by molar-refractivity contribution is -0.125. The number of carbonyl (C=O) groups is 2. The molecule has 2 atom stereocenters. The maximum absolute atomic E-state index is 12.7. The van der Waals surface area contributed by atoms with Crippen molar-refractivity contribution in [3.8, 4) is 5.75 Å². The highest BCUT2D eigenvalue weighted by atomic mass is 35.5. The summed E-state index contributed by atoms with van der Waals surface area (Å²) in [5.74, 6) is 0.297. The Morgan fingerprint density at radius 3 is 2.55 bits per heavy atom. The summed E-state index contributed by atoms with van der Waals surface area (Å²) in [5.41, 5.74) is 6.63. The molecule has 164 valence electrons. The number of piperidine rings is 1. The quantitative estimate of drug-likeness (QED) is 0.636. The van der Waals surface area contributed by atoms with Crippen LogP contribution in [0.15, 0.2) is 42.6 Å². The second-order valence-corrected chi connectivity index (χ2v) is 8.51. The molecule has 4 N–H and O–H groups in total. The van der Waals surface area contributed by atoms with E-state index in [1.807, 2.05) is 12.1 Å². The average molecular weight is 444 g/mol. The minimum Gasteiger partial charge on any atom is -0.495 e. The van der Waals surface area contributed by atoms with Crippen molar-refractivity contribution in [1.29, 1.82) is 0 Å². The highest BCUT2D eigenvalue weighted by molar-refractivity contribution is 6.30. The maximum Gasteiger partial charge on any atom is 0.319 e. The van der Waals surface area contributed by atoms with E-state index in [4.69, 9.17) is 22.1 Å². The smallest absolute Gasteiger partial charge is 0.319 e. The fourth-order valence-corrected chi connectivity index (χ4v) is 4.38. The average Bonchev–Trinajstić information content (AvgIpc) is 3.58. The van der Waals surface area contributed by atoms with Crippen LogP contribution in [0.5, 0.6) is 5.75 Å². The first-order valence-electron chi connectivity index (χ1n) is 10.3. The van der Waals surface area contributed by atoms with Gasteiger partial charge < -0.3 is 21.1 Å². The SMILES string of the molecule is COc1ccc(C2CN(C3(C(N)=O)CC3)CCC2NC(=O)Nc2ccc(Cl)cc2)nc1. The number of anilines is 1. The van der Waals surface area contributed by atoms with E-state index in [-0.39, 0.29) is 23.9 Å². The van der Waals surface area contributed by atoms with Crippen molar-refractivity contribution in [3.63, 3.8) is 0 Å². The third kappa shape index (κ3) is 4.60. The number of benzene rings is 1. The predicted molar refractivity (Wildman–Crippen MR) is 118 cm³/mol. The number of halogens is 1. The topological polar surface area (TPSA) is 110 Å². The summed E-state index contributed by atoms with van der Waals surface area (Å²) in [4.78, 5) is 31.4. The summed E-state index contributed by atoms with van der Waals surface area (Å²) in [6, 6.07) is 10.3. The molecule has 2 aliphatic rings. The summed E-state index contributed by atoms with van der Waals surface area (Å²) < 4.78 is 5.22. The van der Waals surface area contributed by atoms with Gasteiger partial charge in [0, 0.05) is 41.5 Å². The summed E-state index contributed by atoms with van der Waals surface area (Å²) in [6.07, 6.45) is 3.90. The number of carbonyl (C=O) groups excluding carboxylic acids is 2. The molecule has 0 radical (unpaired) electrons. The molecule has 2 fully saturated rings. The van der Waals surface area contributed by atoms with Crippen LogP contribution < -0.4 is 21.1 Å². The number of primary amides is 1. The summed E-state index contributed by atoms with van der Waals surface area (Å²) in [7, 11) is 1.59. The number of ether oxygens (including phenoxy) is 1. The molecule has 9 heteroatoms. The molecule has 1 saturated heterocycles. The van der Waals surface area contributed by atoms with E-state index >= 15 is 0 Å². The Labute approximate surface area is 186 Å². The number of nitrogens with zero attached hydrogens (tertiary/aromatic N) is 2. The van der Waals surface area contributed by atoms with E-state index in [9.17, 15) is 9.59 Å². The minimum atomic E-state index is -0.554. The molecule has 1 aromatic carbocycles. The number of urea groups is 1. The van der Waals surface area contributed by atoms with Crippen LogP contribution in [-0.2, 0) is 4.79 Å². The number of methoxy groups -OCH3 is 1. The first-order valence-corrected chi connectivity index (χ1v) is 10.7. The second kappa shape index (κ2) is 8.72. The van der Waals surface area contributed by atoms with Gasteiger partial charge in [-0.15, -0.1) is 0 Å². The highest BCUT2D eigenvalue weighted by Gasteiger charge is 2.55. The Morgan fingerprint density at radius 2 is 1.97 bits per heavy atom. The molecule has 31 heavy (non-hydrogen) atoms. The van der Waals surface area contributed by atoms with Crippen LogP contribution in [0.3, 0.4) is 0 Å². The largest absolute Gasteiger partial charge is 0.495 e. The van der Waals surface area contributed by atoms with Crippen molar-refractivity contribution in [2.24, 2.45) is 5.73 Å². The van der Waals surface area contributed by atoms with E-state index in [2.05, 4.69) is 20.5 Å². The number of hydrogen-bond donors (Lipinski definition) is 3. The van der Waals surface area contributed by atoms with Crippen molar-refractivity contribution in [2.45, 2.75) is 36.8 Å². The zero-order valence-electron chi connectivity index (χ0n) is 17.3. The fraction of sp³-hybridized carbons (Fsp3) is 0.409. The van der Waals surface area contributed by atoms with Gasteiger partial charge in [0.15, 0.2) is 0 Å². The van der Waals surface area contributed by atoms with Gasteiger partial charge in [0.25, 0.3) is 0 Å². The molecule has 0 bridgehead atoms. The highest BCUT2D eigenvalue weighted by Crippen LogP contribution is 2.44. The van der Waals surface area contributed by atoms with E-state index in [1.165, 1.54) is 0 Å². The van der Waals surface area contributed by atoms with E-state index in [0.29, 0.717) is 36.0 Å². The fourth-order valence-electron chi connectivity index (χ4n) is 4.25. The molecule has 0 spiro atoms. The number of hydrogen-bond acceptors (Lipinski definition) is 5. The Morgan fingerprint density at radius 1 is 1.23 bits per heavy atom. The van der Waals surface area contributed by atoms with Crippen molar-refractivity contribution in [3.05, 3.63) is 53.3 Å². The first kappa shape index (κ1) is 21.4. The van der Waals surface area contributed by atoms with Gasteiger partial charge in [-0.2, -0.15) is 0 Å². The minimum absolute atomic E-state index is 0.0903. The molecule has 2 heterocycles. The van der Waals surface area contributed by atoms with E-state index in [1.54, 1.807) is 37.6 Å². The second-order valence-electron chi connectivity index (χ2n) is 8.07. The Hall–Kier alpha value is -2.84. The van der Waals surface area contributed by atoms with Crippen molar-refractivity contribution in [2.75, 3.05) is 25.5 Å². The van der Waals surface area contributed by atoms with Crippen molar-refractivity contribution < 1.29 is 14.3 Å². The van der Waals surface area contributed by atoms with Gasteiger partial charge >= 0.3 is 6.03 Å². The molecule has 3 amide bonds. The molecule has 8 nitrogen and oxygen atoms in total. The summed E-state index contributed by atoms with van der Waals surface area (Å²) in [6.45, 7) is 1.27. The van der Waals surface area contributed by atoms with E-state index < -0.39 is 5.54 Å². The van der Waals surface area contributed by atoms with Crippen molar-refractivity contribution >= 4 is 29.2 Å². The lowest BCUT2D eigenvalue weighted by atomic mass is 9.87. The van der Waals surface area contributed by atoms with Gasteiger partial charge in [0.1, 0.15) is 11.3 Å². The monoisotopic (exact) mass is 443 g/mol. The van der Waals surface area contributed by atoms with E-state index in [0.717, 1.165) is 18.5 Å². The predicted octanol–water partition coefficient (Wildman–Crippen LogP) is 2.74. The zero-order chi connectivity index (χ0) is 22.0. The van der Waals surface area contributed by atoms with Crippen LogP contribution in [0.2, 0.25) is 5.02 Å². The maximum atomic E-state index is 12.7. The van der Waals surface area contributed by atoms with Gasteiger partial charge in [-0.25, -0.2) is 4.79 Å². The van der Waals surface area contributed by atoms with Gasteiger partial charge in [0.05, 0.1) is 13.3 Å². The molecular formula is C22H26ClN5O3. The molecule has 1 saturated carbocycles. The summed E-state index contributed by atoms with van der Waals surface area (Å²) in [5, 5.41) is 6.53. The molecular weight excluding hydrogens is 418 g/mol. The first-order chi connectivity index (χ1) is 14.9. The number of pyridine rings is 1. The molecule has 2 aromatic rings. The van der Waals surface area contributed by atoms with Crippen LogP contribution in [-0.4, -0.2) is 53.6 Å². The molecule has 2 unspecified atom stereocenters. The number of aromatic nitrogens is 1. The van der Waals surface area contributed by atoms with Crippen LogP contribution in [0.1, 0.15) is 30.9 Å². The third-order valence-corrected chi connectivity index (χ3v) is 6.45. The Bertz CT molecular complexity index is 947. The zero-order valence-corrected chi connectivity index (χ0v) is 18.1. The van der Waals surface area contributed by atoms with Crippen LogP contribution in [0.4, 0.5) is 10.5 Å². The van der Waals surface area contributed by atoms with Gasteiger partial charge in [-0.05, 0) is 55.7 Å². The van der Waals surface area contributed by atoms with Gasteiger partial charge in [0.2, 0.25) is 5.91 Å². The third-order valence-electron chi connectivity index (χ3n) is 6.19. The number of nitrogens with two attached hydrogens (primary N) is 1. The van der Waals surface area contributed by atoms with Crippen molar-refractivity contribution in [1.82, 2.24) is 15.2 Å². The standard InChI is InChI=1S/C22H26ClN5O3/c1-31-16-6-7-18(25-12-16)17-13-28(22(9-10-22)20(24)29)11-8-19(17)27-21(30)26-15-4-2-14(23)3-5-15/h2-7,12,17,19H,8-11,13H2,1H3,(H2,24,29)(H2,26,27,30). The molecule has 1 aliphatic heterocycles. The molecule has 1 aromatic heterocycles. The van der Waals surface area contributed by atoms with Gasteiger partial charge in [-0.1, -0.05) is 11.6 Å². The van der Waals surface area contributed by atoms with Crippen LogP contribution >= 0.6 is 11.6 Å². The normalized spacial score (nSPS) is 22.4. The number of rotatable bonds is 6. The van der Waals surface area contributed by atoms with Gasteiger partial charge in [-0.3, -0.25) is 14.7 Å². The number of nitrogens with one attached hydrogen (secondary N) is 2. The lowest BCUT2D eigenvalue weighted by Crippen LogP contribution is -2.57.